The third-order valence-electron chi connectivity index (χ3n) is 4.79. The molecule has 0 saturated carbocycles. The second-order valence-corrected chi connectivity index (χ2v) is 6.72. The van der Waals surface area contributed by atoms with Crippen LogP contribution in [-0.2, 0) is 0 Å². The molecule has 2 fully saturated rings. The predicted molar refractivity (Wildman–Crippen MR) is 87.7 cm³/mol. The van der Waals surface area contributed by atoms with Crippen LogP contribution in [0.4, 0.5) is 23.7 Å². The lowest BCUT2D eigenvalue weighted by Gasteiger charge is -2.36. The van der Waals surface area contributed by atoms with Crippen molar-refractivity contribution in [3.8, 4) is 5.75 Å². The van der Waals surface area contributed by atoms with Gasteiger partial charge in [-0.3, -0.25) is 0 Å². The molecule has 2 amide bonds. The first-order valence-electron chi connectivity index (χ1n) is 8.37. The highest BCUT2D eigenvalue weighted by Crippen LogP contribution is 2.31. The Morgan fingerprint density at radius 3 is 2.88 bits per heavy atom. The molecule has 0 aromatic heterocycles. The van der Waals surface area contributed by atoms with Crippen LogP contribution in [-0.4, -0.2) is 61.3 Å². The topological polar surface area (TPSA) is 44.8 Å². The lowest BCUT2D eigenvalue weighted by molar-refractivity contribution is -0.153. The average molecular weight is 357 g/mol. The lowest BCUT2D eigenvalue weighted by Crippen LogP contribution is -2.47. The number of carbonyl (C=O) groups excluding carboxylic acids is 1. The molecule has 138 valence electrons. The zero-order chi connectivity index (χ0) is 18.0. The standard InChI is InChI=1S/C17H22F3N3O2/c1-22-7-6-15-12(10-22)5-8-23(15)16(24)21-13-3-2-4-14(9-13)25-11-17(18,19)20/h2-4,9,12,15H,5-8,10-11H2,1H3,(H,21,24)/t12-,15-/m1/s1. The molecule has 8 heteroatoms. The van der Waals surface area contributed by atoms with Crippen molar-refractivity contribution >= 4 is 11.7 Å². The molecule has 0 radical (unpaired) electrons. The summed E-state index contributed by atoms with van der Waals surface area (Å²) in [6.45, 7) is 1.31. The van der Waals surface area contributed by atoms with Crippen LogP contribution in [0.5, 0.6) is 5.75 Å². The van der Waals surface area contributed by atoms with Crippen molar-refractivity contribution in [2.24, 2.45) is 5.92 Å². The van der Waals surface area contributed by atoms with Crippen LogP contribution >= 0.6 is 0 Å². The first-order valence-corrected chi connectivity index (χ1v) is 8.37. The van der Waals surface area contributed by atoms with E-state index in [4.69, 9.17) is 4.74 Å². The Kier molecular flexibility index (Phi) is 5.08. The van der Waals surface area contributed by atoms with Crippen molar-refractivity contribution in [1.29, 1.82) is 0 Å². The van der Waals surface area contributed by atoms with Crippen molar-refractivity contribution in [2.75, 3.05) is 38.6 Å². The zero-order valence-corrected chi connectivity index (χ0v) is 14.1. The van der Waals surface area contributed by atoms with Gasteiger partial charge in [-0.2, -0.15) is 13.2 Å². The summed E-state index contributed by atoms with van der Waals surface area (Å²) in [7, 11) is 2.09. The maximum atomic E-state index is 12.6. The van der Waals surface area contributed by atoms with Crippen LogP contribution in [0, 0.1) is 5.92 Å². The molecular weight excluding hydrogens is 335 g/mol. The van der Waals surface area contributed by atoms with E-state index in [0.717, 1.165) is 25.9 Å². The molecule has 3 rings (SSSR count). The number of ether oxygens (including phenoxy) is 1. The molecule has 2 heterocycles. The van der Waals surface area contributed by atoms with Crippen molar-refractivity contribution in [3.05, 3.63) is 24.3 Å². The highest BCUT2D eigenvalue weighted by molar-refractivity contribution is 5.90. The number of benzene rings is 1. The van der Waals surface area contributed by atoms with Gasteiger partial charge in [-0.15, -0.1) is 0 Å². The number of carbonyl (C=O) groups is 1. The molecule has 1 N–H and O–H groups in total. The van der Waals surface area contributed by atoms with Crippen molar-refractivity contribution in [2.45, 2.75) is 25.1 Å². The maximum absolute atomic E-state index is 12.6. The number of anilines is 1. The van der Waals surface area contributed by atoms with Gasteiger partial charge in [0.1, 0.15) is 5.75 Å². The summed E-state index contributed by atoms with van der Waals surface area (Å²) in [5, 5.41) is 2.78. The summed E-state index contributed by atoms with van der Waals surface area (Å²) in [6, 6.07) is 6.08. The van der Waals surface area contributed by atoms with E-state index in [-0.39, 0.29) is 17.8 Å². The third kappa shape index (κ3) is 4.56. The van der Waals surface area contributed by atoms with Gasteiger partial charge in [-0.05, 0) is 44.5 Å². The van der Waals surface area contributed by atoms with Gasteiger partial charge in [0.05, 0.1) is 0 Å². The molecule has 2 aliphatic rings. The van der Waals surface area contributed by atoms with Gasteiger partial charge in [0.25, 0.3) is 0 Å². The first-order chi connectivity index (χ1) is 11.8. The van der Waals surface area contributed by atoms with E-state index >= 15 is 0 Å². The number of urea groups is 1. The van der Waals surface area contributed by atoms with E-state index in [2.05, 4.69) is 17.3 Å². The summed E-state index contributed by atoms with van der Waals surface area (Å²) in [5.41, 5.74) is 0.432. The van der Waals surface area contributed by atoms with E-state index in [0.29, 0.717) is 18.2 Å². The molecule has 2 atom stereocenters. The monoisotopic (exact) mass is 357 g/mol. The Morgan fingerprint density at radius 2 is 2.12 bits per heavy atom. The molecule has 25 heavy (non-hydrogen) atoms. The summed E-state index contributed by atoms with van der Waals surface area (Å²) >= 11 is 0. The Bertz CT molecular complexity index is 623. The third-order valence-corrected chi connectivity index (χ3v) is 4.79. The quantitative estimate of drug-likeness (QED) is 0.904. The number of likely N-dealkylation sites (tertiary alicyclic amines) is 2. The Balaban J connectivity index is 1.60. The van der Waals surface area contributed by atoms with Gasteiger partial charge in [-0.1, -0.05) is 6.07 Å². The summed E-state index contributed by atoms with van der Waals surface area (Å²) in [6.07, 6.45) is -2.46. The fraction of sp³-hybridized carbons (Fsp3) is 0.588. The van der Waals surface area contributed by atoms with Crippen molar-refractivity contribution < 1.29 is 22.7 Å². The number of nitrogens with zero attached hydrogens (tertiary/aromatic N) is 2. The number of halogens is 3. The highest BCUT2D eigenvalue weighted by Gasteiger charge is 2.39. The summed E-state index contributed by atoms with van der Waals surface area (Å²) < 4.78 is 41.4. The average Bonchev–Trinajstić information content (AvgIpc) is 2.95. The van der Waals surface area contributed by atoms with Crippen LogP contribution in [0.15, 0.2) is 24.3 Å². The van der Waals surface area contributed by atoms with Gasteiger partial charge in [0.15, 0.2) is 6.61 Å². The smallest absolute Gasteiger partial charge is 0.422 e. The first kappa shape index (κ1) is 17.8. The molecule has 0 aliphatic carbocycles. The van der Waals surface area contributed by atoms with Crippen molar-refractivity contribution in [1.82, 2.24) is 9.80 Å². The van der Waals surface area contributed by atoms with Gasteiger partial charge < -0.3 is 19.9 Å². The zero-order valence-electron chi connectivity index (χ0n) is 14.1. The second-order valence-electron chi connectivity index (χ2n) is 6.72. The molecule has 1 aromatic rings. The van der Waals surface area contributed by atoms with Crippen LogP contribution < -0.4 is 10.1 Å². The number of hydrogen-bond donors (Lipinski definition) is 1. The number of alkyl halides is 3. The van der Waals surface area contributed by atoms with Crippen LogP contribution in [0.3, 0.4) is 0 Å². The maximum Gasteiger partial charge on any atom is 0.422 e. The van der Waals surface area contributed by atoms with Gasteiger partial charge in [0.2, 0.25) is 0 Å². The molecule has 1 aromatic carbocycles. The van der Waals surface area contributed by atoms with Crippen LogP contribution in [0.25, 0.3) is 0 Å². The minimum absolute atomic E-state index is 0.0775. The lowest BCUT2D eigenvalue weighted by atomic mass is 9.93. The van der Waals surface area contributed by atoms with E-state index in [1.807, 2.05) is 4.90 Å². The minimum Gasteiger partial charge on any atom is -0.484 e. The van der Waals surface area contributed by atoms with Crippen LogP contribution in [0.1, 0.15) is 12.8 Å². The number of piperidine rings is 1. The normalized spacial score (nSPS) is 24.1. The number of hydrogen-bond acceptors (Lipinski definition) is 3. The van der Waals surface area contributed by atoms with Gasteiger partial charge >= 0.3 is 12.2 Å². The summed E-state index contributed by atoms with van der Waals surface area (Å²) in [4.78, 5) is 16.7. The molecule has 0 unspecified atom stereocenters. The van der Waals surface area contributed by atoms with Gasteiger partial charge in [0, 0.05) is 30.9 Å². The SMILES string of the molecule is CN1CC[C@@H]2[C@H](CCN2C(=O)Nc2cccc(OCC(F)(F)F)c2)C1. The van der Waals surface area contributed by atoms with E-state index in [9.17, 15) is 18.0 Å². The Hall–Kier alpha value is -1.96. The second kappa shape index (κ2) is 7.11. The molecule has 2 saturated heterocycles. The molecule has 5 nitrogen and oxygen atoms in total. The fourth-order valence-electron chi connectivity index (χ4n) is 3.64. The highest BCUT2D eigenvalue weighted by atomic mass is 19.4. The predicted octanol–water partition coefficient (Wildman–Crippen LogP) is 3.19. The molecule has 0 spiro atoms. The Labute approximate surface area is 144 Å². The van der Waals surface area contributed by atoms with Gasteiger partial charge in [-0.25, -0.2) is 4.79 Å². The number of nitrogens with one attached hydrogen (secondary N) is 1. The summed E-state index contributed by atoms with van der Waals surface area (Å²) in [5.74, 6) is 0.569. The van der Waals surface area contributed by atoms with E-state index < -0.39 is 12.8 Å². The molecular formula is C17H22F3N3O2. The molecule has 0 bridgehead atoms. The van der Waals surface area contributed by atoms with E-state index in [1.54, 1.807) is 12.1 Å². The minimum atomic E-state index is -4.39. The fourth-order valence-corrected chi connectivity index (χ4v) is 3.64. The largest absolute Gasteiger partial charge is 0.484 e. The van der Waals surface area contributed by atoms with Crippen LogP contribution in [0.2, 0.25) is 0 Å². The van der Waals surface area contributed by atoms with Crippen molar-refractivity contribution in [3.63, 3.8) is 0 Å². The number of fused-ring (bicyclic) bond motifs is 1. The Morgan fingerprint density at radius 1 is 1.32 bits per heavy atom. The number of amides is 2. The van der Waals surface area contributed by atoms with E-state index in [1.165, 1.54) is 12.1 Å². The molecule has 2 aliphatic heterocycles. The number of rotatable bonds is 3.